The molecule has 0 aliphatic rings. The van der Waals surface area contributed by atoms with Crippen molar-refractivity contribution in [1.82, 2.24) is 9.88 Å². The molecular weight excluding hydrogens is 320 g/mol. The Morgan fingerprint density at radius 1 is 1.28 bits per heavy atom. The smallest absolute Gasteiger partial charge is 0.263 e. The minimum Gasteiger partial charge on any atom is -0.469 e. The average Bonchev–Trinajstić information content (AvgIpc) is 3.14. The first kappa shape index (κ1) is 17.0. The van der Waals surface area contributed by atoms with Crippen LogP contribution in [0.2, 0.25) is 0 Å². The number of nitrogens with one attached hydrogen (secondary N) is 1. The second kappa shape index (κ2) is 7.36. The zero-order valence-corrected chi connectivity index (χ0v) is 13.9. The van der Waals surface area contributed by atoms with E-state index in [1.54, 1.807) is 25.4 Å². The van der Waals surface area contributed by atoms with Crippen LogP contribution in [0.15, 0.2) is 57.9 Å². The summed E-state index contributed by atoms with van der Waals surface area (Å²) in [6.45, 7) is 0.169. The van der Waals surface area contributed by atoms with Crippen LogP contribution < -0.4 is 10.9 Å². The molecule has 1 aromatic carbocycles. The summed E-state index contributed by atoms with van der Waals surface area (Å²) in [4.78, 5) is 24.9. The Bertz CT molecular complexity index is 928. The first-order chi connectivity index (χ1) is 12.1. The van der Waals surface area contributed by atoms with Crippen molar-refractivity contribution >= 4 is 16.8 Å². The van der Waals surface area contributed by atoms with Gasteiger partial charge in [-0.3, -0.25) is 9.59 Å². The molecule has 25 heavy (non-hydrogen) atoms. The number of hydrogen-bond acceptors (Lipinski definition) is 4. The SMILES string of the molecule is Cn1c(=O)c(C(=O)NC[C@@H](CO)Cc2ccco2)cc2ccccc21. The Hall–Kier alpha value is -2.86. The lowest BCUT2D eigenvalue weighted by Gasteiger charge is -2.14. The Labute approximate surface area is 144 Å². The number of aliphatic hydroxyl groups excluding tert-OH is 1. The number of amides is 1. The van der Waals surface area contributed by atoms with E-state index in [1.165, 1.54) is 4.57 Å². The van der Waals surface area contributed by atoms with Gasteiger partial charge in [-0.25, -0.2) is 0 Å². The second-order valence-electron chi connectivity index (χ2n) is 6.02. The minimum absolute atomic E-state index is 0.0866. The Morgan fingerprint density at radius 2 is 2.08 bits per heavy atom. The highest BCUT2D eigenvalue weighted by Gasteiger charge is 2.16. The van der Waals surface area contributed by atoms with Gasteiger partial charge in [0, 0.05) is 32.5 Å². The molecule has 1 amide bonds. The monoisotopic (exact) mass is 340 g/mol. The molecule has 0 aliphatic heterocycles. The molecule has 3 aromatic rings. The zero-order valence-electron chi connectivity index (χ0n) is 13.9. The quantitative estimate of drug-likeness (QED) is 0.715. The molecule has 0 fully saturated rings. The van der Waals surface area contributed by atoms with Gasteiger partial charge in [0.1, 0.15) is 11.3 Å². The predicted molar refractivity (Wildman–Crippen MR) is 94.5 cm³/mol. The number of aliphatic hydroxyl groups is 1. The van der Waals surface area contributed by atoms with Gasteiger partial charge in [0.25, 0.3) is 11.5 Å². The maximum Gasteiger partial charge on any atom is 0.263 e. The summed E-state index contributed by atoms with van der Waals surface area (Å²) in [5.74, 6) is 0.124. The van der Waals surface area contributed by atoms with Crippen molar-refractivity contribution in [2.24, 2.45) is 13.0 Å². The highest BCUT2D eigenvalue weighted by Crippen LogP contribution is 2.13. The molecule has 0 radical (unpaired) electrons. The van der Waals surface area contributed by atoms with Crippen LogP contribution in [0, 0.1) is 5.92 Å². The van der Waals surface area contributed by atoms with Crippen LogP contribution in [-0.4, -0.2) is 28.7 Å². The molecule has 2 N–H and O–H groups in total. The Kier molecular flexibility index (Phi) is 5.00. The van der Waals surface area contributed by atoms with Gasteiger partial charge in [0.2, 0.25) is 0 Å². The summed E-state index contributed by atoms with van der Waals surface area (Å²) in [5, 5.41) is 13.1. The van der Waals surface area contributed by atoms with Crippen LogP contribution in [0.1, 0.15) is 16.1 Å². The number of furan rings is 1. The number of benzene rings is 1. The highest BCUT2D eigenvalue weighted by molar-refractivity contribution is 5.97. The summed E-state index contributed by atoms with van der Waals surface area (Å²) in [6.07, 6.45) is 2.08. The molecule has 6 nitrogen and oxygen atoms in total. The number of pyridine rings is 1. The third-order valence-electron chi connectivity index (χ3n) is 4.26. The van der Waals surface area contributed by atoms with Crippen LogP contribution in [0.25, 0.3) is 10.9 Å². The highest BCUT2D eigenvalue weighted by atomic mass is 16.3. The van der Waals surface area contributed by atoms with Crippen molar-refractivity contribution in [2.75, 3.05) is 13.2 Å². The van der Waals surface area contributed by atoms with Gasteiger partial charge in [-0.2, -0.15) is 0 Å². The van der Waals surface area contributed by atoms with Crippen molar-refractivity contribution in [3.05, 3.63) is 70.4 Å². The fourth-order valence-corrected chi connectivity index (χ4v) is 2.83. The second-order valence-corrected chi connectivity index (χ2v) is 6.02. The van der Waals surface area contributed by atoms with Crippen molar-refractivity contribution in [3.8, 4) is 0 Å². The van der Waals surface area contributed by atoms with Gasteiger partial charge < -0.3 is 19.4 Å². The van der Waals surface area contributed by atoms with Crippen molar-refractivity contribution in [3.63, 3.8) is 0 Å². The summed E-state index contributed by atoms with van der Waals surface area (Å²) in [7, 11) is 1.65. The Balaban J connectivity index is 1.75. The summed E-state index contributed by atoms with van der Waals surface area (Å²) >= 11 is 0. The summed E-state index contributed by atoms with van der Waals surface area (Å²) in [6, 6.07) is 12.6. The van der Waals surface area contributed by atoms with E-state index in [0.717, 1.165) is 16.7 Å². The largest absolute Gasteiger partial charge is 0.469 e. The third-order valence-corrected chi connectivity index (χ3v) is 4.26. The number of hydrogen-bond donors (Lipinski definition) is 2. The molecule has 2 aromatic heterocycles. The summed E-state index contributed by atoms with van der Waals surface area (Å²) in [5.41, 5.74) is 0.522. The van der Waals surface area contributed by atoms with E-state index in [-0.39, 0.29) is 30.2 Å². The molecule has 2 heterocycles. The molecule has 0 saturated heterocycles. The maximum atomic E-state index is 12.5. The topological polar surface area (TPSA) is 84.5 Å². The van der Waals surface area contributed by atoms with Crippen molar-refractivity contribution in [1.29, 1.82) is 0 Å². The third kappa shape index (κ3) is 3.64. The van der Waals surface area contributed by atoms with E-state index in [2.05, 4.69) is 5.32 Å². The van der Waals surface area contributed by atoms with Crippen LogP contribution in [0.4, 0.5) is 0 Å². The Morgan fingerprint density at radius 3 is 2.80 bits per heavy atom. The number of fused-ring (bicyclic) bond motifs is 1. The van der Waals surface area contributed by atoms with E-state index in [4.69, 9.17) is 4.42 Å². The van der Waals surface area contributed by atoms with Gasteiger partial charge in [0.05, 0.1) is 11.8 Å². The molecule has 6 heteroatoms. The first-order valence-electron chi connectivity index (χ1n) is 8.10. The number of carbonyl (C=O) groups excluding carboxylic acids is 1. The molecule has 0 saturated carbocycles. The van der Waals surface area contributed by atoms with E-state index in [0.29, 0.717) is 6.42 Å². The van der Waals surface area contributed by atoms with E-state index in [1.807, 2.05) is 30.3 Å². The molecule has 1 atom stereocenters. The number of carbonyl (C=O) groups is 1. The number of rotatable bonds is 6. The fraction of sp³-hybridized carbons (Fsp3) is 0.263. The number of aryl methyl sites for hydroxylation is 1. The van der Waals surface area contributed by atoms with Gasteiger partial charge in [-0.1, -0.05) is 18.2 Å². The standard InChI is InChI=1S/C19H20N2O4/c1-21-17-7-3-2-5-14(17)10-16(19(21)24)18(23)20-11-13(12-22)9-15-6-4-8-25-15/h2-8,10,13,22H,9,11-12H2,1H3,(H,20,23)/t13-/m0/s1. The number of aromatic nitrogens is 1. The minimum atomic E-state index is -0.441. The fourth-order valence-electron chi connectivity index (χ4n) is 2.83. The number of para-hydroxylation sites is 1. The van der Waals surface area contributed by atoms with Gasteiger partial charge in [0.15, 0.2) is 0 Å². The lowest BCUT2D eigenvalue weighted by molar-refractivity contribution is 0.0937. The summed E-state index contributed by atoms with van der Waals surface area (Å²) < 4.78 is 6.73. The normalized spacial score (nSPS) is 12.2. The van der Waals surface area contributed by atoms with Crippen LogP contribution in [0.3, 0.4) is 0 Å². The zero-order chi connectivity index (χ0) is 17.8. The van der Waals surface area contributed by atoms with E-state index in [9.17, 15) is 14.7 Å². The van der Waals surface area contributed by atoms with E-state index < -0.39 is 5.91 Å². The maximum absolute atomic E-state index is 12.5. The molecule has 0 unspecified atom stereocenters. The lowest BCUT2D eigenvalue weighted by Crippen LogP contribution is -2.36. The first-order valence-corrected chi connectivity index (χ1v) is 8.10. The lowest BCUT2D eigenvalue weighted by atomic mass is 10.0. The predicted octanol–water partition coefficient (Wildman–Crippen LogP) is 1.71. The molecule has 3 rings (SSSR count). The van der Waals surface area contributed by atoms with Crippen LogP contribution in [0.5, 0.6) is 0 Å². The molecule has 0 aliphatic carbocycles. The van der Waals surface area contributed by atoms with Crippen LogP contribution in [-0.2, 0) is 13.5 Å². The molecular formula is C19H20N2O4. The van der Waals surface area contributed by atoms with Gasteiger partial charge in [-0.15, -0.1) is 0 Å². The molecule has 0 spiro atoms. The van der Waals surface area contributed by atoms with Crippen LogP contribution >= 0.6 is 0 Å². The van der Waals surface area contributed by atoms with Gasteiger partial charge >= 0.3 is 0 Å². The molecule has 0 bridgehead atoms. The average molecular weight is 340 g/mol. The number of nitrogens with zero attached hydrogens (tertiary/aromatic N) is 1. The van der Waals surface area contributed by atoms with Crippen molar-refractivity contribution < 1.29 is 14.3 Å². The molecule has 130 valence electrons. The van der Waals surface area contributed by atoms with E-state index >= 15 is 0 Å². The van der Waals surface area contributed by atoms with Crippen molar-refractivity contribution in [2.45, 2.75) is 6.42 Å². The van der Waals surface area contributed by atoms with Gasteiger partial charge in [-0.05, 0) is 29.7 Å².